The molecule has 18 N–H and O–H groups in total. The lowest BCUT2D eigenvalue weighted by atomic mass is 10.2. The third kappa shape index (κ3) is 17.5. The van der Waals surface area contributed by atoms with E-state index in [1.807, 2.05) is 0 Å². The molecule has 3 aliphatic heterocycles. The fraction of sp³-hybridized carbons (Fsp3) is 0.500. The van der Waals surface area contributed by atoms with Gasteiger partial charge in [0.15, 0.2) is 35.6 Å². The van der Waals surface area contributed by atoms with Gasteiger partial charge in [-0.3, -0.25) is 19.6 Å². The smallest absolute Gasteiger partial charge is 0.505 e. The van der Waals surface area contributed by atoms with E-state index in [1.54, 1.807) is 0 Å². The van der Waals surface area contributed by atoms with E-state index in [0.29, 0.717) is 0 Å². The normalized spacial score (nSPS) is 24.2. The van der Waals surface area contributed by atoms with Crippen molar-refractivity contribution in [3.63, 3.8) is 0 Å². The molecule has 348 valence electrons. The first-order valence-electron chi connectivity index (χ1n) is 14.1. The van der Waals surface area contributed by atoms with E-state index in [9.17, 15) is 72.2 Å². The fourth-order valence-electron chi connectivity index (χ4n) is 3.49. The molecular weight excluding hydrogens is 978 g/mol. The number of hydrogen-bond acceptors (Lipinski definition) is 27. The first kappa shape index (κ1) is 55.1. The van der Waals surface area contributed by atoms with Gasteiger partial charge >= 0.3 is 64.8 Å². The second-order valence-corrected chi connectivity index (χ2v) is 18.5. The van der Waals surface area contributed by atoms with Crippen molar-refractivity contribution >= 4 is 64.8 Å². The molecule has 3 unspecified atom stereocenters. The fourth-order valence-corrected chi connectivity index (χ4v) is 8.55. The van der Waals surface area contributed by atoms with Gasteiger partial charge in [0.05, 0.1) is 19.8 Å². The average Bonchev–Trinajstić information content (AvgIpc) is 3.61. The number of ether oxygens (including phenoxy) is 3. The van der Waals surface area contributed by atoms with Gasteiger partial charge in [0.25, 0.3) is 17.3 Å². The Morgan fingerprint density at radius 3 is 0.933 bits per heavy atom. The molecule has 60 heavy (non-hydrogen) atoms. The van der Waals surface area contributed by atoms with E-state index in [-0.39, 0.29) is 0 Å². The van der Waals surface area contributed by atoms with Gasteiger partial charge in [0, 0.05) is 0 Å². The Kier molecular flexibility index (Phi) is 19.3. The molecule has 0 spiro atoms. The Labute approximate surface area is 328 Å². The SMILES string of the molecule is O=C1O[C@H]([C@@H](O)CO)C(O)=C1OP(=O)(O)O.O=C1O[C@H]([C@@H](O)CO)C(O)=C1OP(=O)(O)OP(=O)(O)O.O=C1O[C@H]([C@@H](O)CO)C(O)=C1OP(=O)(O)OP(=O)(O)OP(=O)(O)O. The molecule has 0 saturated carbocycles. The zero-order valence-corrected chi connectivity index (χ0v) is 33.5. The van der Waals surface area contributed by atoms with Crippen molar-refractivity contribution in [3.05, 3.63) is 34.6 Å². The average molecular weight is 1010 g/mol. The Hall–Kier alpha value is -2.91. The molecule has 0 aromatic rings. The first-order valence-corrected chi connectivity index (χ1v) is 23.1. The molecule has 3 aliphatic rings. The van der Waals surface area contributed by atoms with Crippen LogP contribution in [0.15, 0.2) is 34.6 Å². The Morgan fingerprint density at radius 1 is 0.433 bits per heavy atom. The molecule has 9 atom stereocenters. The Bertz CT molecular complexity index is 2000. The lowest BCUT2D eigenvalue weighted by Crippen LogP contribution is -2.31. The topological polar surface area (TPSA) is 601 Å². The van der Waals surface area contributed by atoms with Crippen molar-refractivity contribution in [2.24, 2.45) is 0 Å². The summed E-state index contributed by atoms with van der Waals surface area (Å²) in [6.07, 6.45) is -10.4. The van der Waals surface area contributed by atoms with Gasteiger partial charge in [-0.15, -0.1) is 0 Å². The number of phosphoric acid groups is 6. The summed E-state index contributed by atoms with van der Waals surface area (Å²) < 4.78 is 100. The minimum atomic E-state index is -5.82. The monoisotopic (exact) mass is 1010 g/mol. The van der Waals surface area contributed by atoms with Gasteiger partial charge in [-0.25, -0.2) is 41.8 Å². The minimum Gasteiger partial charge on any atom is -0.505 e. The third-order valence-electron chi connectivity index (χ3n) is 5.62. The molecule has 42 heteroatoms. The number of hydrogen-bond donors (Lipinski definition) is 18. The van der Waals surface area contributed by atoms with E-state index in [2.05, 4.69) is 40.7 Å². The first-order chi connectivity index (χ1) is 26.9. The van der Waals surface area contributed by atoms with E-state index in [4.69, 9.17) is 59.6 Å². The van der Waals surface area contributed by atoms with Crippen molar-refractivity contribution in [3.8, 4) is 0 Å². The van der Waals surface area contributed by atoms with Crippen molar-refractivity contribution in [2.75, 3.05) is 19.8 Å². The summed E-state index contributed by atoms with van der Waals surface area (Å²) in [6, 6.07) is 0. The Morgan fingerprint density at radius 2 is 0.683 bits per heavy atom. The van der Waals surface area contributed by atoms with Crippen LogP contribution < -0.4 is 0 Å². The number of rotatable bonds is 18. The van der Waals surface area contributed by atoms with E-state index < -0.39 is 156 Å². The summed E-state index contributed by atoms with van der Waals surface area (Å²) in [4.78, 5) is 111. The molecule has 0 aromatic carbocycles. The van der Waals surface area contributed by atoms with Crippen LogP contribution in [0.3, 0.4) is 0 Å². The predicted molar refractivity (Wildman–Crippen MR) is 170 cm³/mol. The van der Waals surface area contributed by atoms with Gasteiger partial charge in [0.1, 0.15) is 18.3 Å². The summed E-state index contributed by atoms with van der Waals surface area (Å²) in [5, 5.41) is 81.6. The van der Waals surface area contributed by atoms with Crippen LogP contribution in [0.1, 0.15) is 0 Å². The molecule has 36 nitrogen and oxygen atoms in total. The van der Waals surface area contributed by atoms with E-state index >= 15 is 0 Å². The third-order valence-corrected chi connectivity index (χ3v) is 11.9. The summed E-state index contributed by atoms with van der Waals surface area (Å²) in [7, 11) is -33.0. The standard InChI is InChI=1S/C6H11O15P3.C6H10O12P2.C6H9O9P/c7-1-2(8)4-3(9)5(6(10)18-4)19-23(14,15)21-24(16,17)20-22(11,12)13;7-1-2(8)4-3(9)5(6(10)16-4)17-20(14,15)18-19(11,12)13;7-1-2(8)4-3(9)5(6(10)14-4)15-16(11,12)13/h2,4,7-9H,1H2,(H,14,15)(H,16,17)(H2,11,12,13);2,4,7-9H,1H2,(H,14,15)(H2,11,12,13);2,4,7-9H,1H2,(H2,11,12,13)/t3*2-,4+/m000/s1. The van der Waals surface area contributed by atoms with Gasteiger partial charge in [-0.2, -0.15) is 12.9 Å². The van der Waals surface area contributed by atoms with Crippen LogP contribution in [-0.4, -0.2) is 164 Å². The largest absolute Gasteiger partial charge is 0.536 e. The molecule has 0 amide bonds. The lowest BCUT2D eigenvalue weighted by molar-refractivity contribution is -0.148. The number of esters is 3. The van der Waals surface area contributed by atoms with Crippen molar-refractivity contribution in [1.29, 1.82) is 0 Å². The number of carbonyl (C=O) groups excluding carboxylic acids is 3. The van der Waals surface area contributed by atoms with Crippen LogP contribution in [0.2, 0.25) is 0 Å². The van der Waals surface area contributed by atoms with Crippen LogP contribution >= 0.6 is 46.9 Å². The van der Waals surface area contributed by atoms with Crippen molar-refractivity contribution in [2.45, 2.75) is 36.6 Å². The second kappa shape index (κ2) is 21.0. The number of aliphatic hydroxyl groups is 9. The second-order valence-electron chi connectivity index (χ2n) is 10.3. The van der Waals surface area contributed by atoms with Crippen LogP contribution in [0.5, 0.6) is 0 Å². The summed E-state index contributed by atoms with van der Waals surface area (Å²) in [5.74, 6) is -11.6. The molecule has 3 heterocycles. The maximum Gasteiger partial charge on any atom is 0.536 e. The number of phosphoric ester groups is 3. The van der Waals surface area contributed by atoms with Crippen molar-refractivity contribution < 1.29 is 172 Å². The summed E-state index contributed by atoms with van der Waals surface area (Å²) >= 11 is 0. The molecule has 0 aliphatic carbocycles. The van der Waals surface area contributed by atoms with Crippen LogP contribution in [-0.2, 0) is 82.5 Å². The number of cyclic esters (lactones) is 3. The molecule has 3 rings (SSSR count). The molecule has 0 fully saturated rings. The van der Waals surface area contributed by atoms with Gasteiger partial charge in [0.2, 0.25) is 0 Å². The van der Waals surface area contributed by atoms with Gasteiger partial charge < -0.3 is 98.2 Å². The molecule has 0 aromatic heterocycles. The van der Waals surface area contributed by atoms with Gasteiger partial charge in [-0.1, -0.05) is 0 Å². The summed E-state index contributed by atoms with van der Waals surface area (Å²) in [5.41, 5.74) is 0. The zero-order chi connectivity index (χ0) is 47.1. The quantitative estimate of drug-likeness (QED) is 0.0347. The highest BCUT2D eigenvalue weighted by atomic mass is 31.3. The van der Waals surface area contributed by atoms with E-state index in [0.717, 1.165) is 0 Å². The molecule has 0 bridgehead atoms. The molecular formula is C18H30O36P6. The highest BCUT2D eigenvalue weighted by Gasteiger charge is 2.48. The van der Waals surface area contributed by atoms with E-state index in [1.165, 1.54) is 0 Å². The lowest BCUT2D eigenvalue weighted by Gasteiger charge is -2.16. The maximum absolute atomic E-state index is 11.5. The zero-order valence-electron chi connectivity index (χ0n) is 28.2. The maximum atomic E-state index is 11.5. The Balaban J connectivity index is 0.000000459. The molecule has 0 radical (unpaired) electrons. The number of carbonyl (C=O) groups is 3. The van der Waals surface area contributed by atoms with Crippen LogP contribution in [0.4, 0.5) is 0 Å². The van der Waals surface area contributed by atoms with Gasteiger partial charge in [-0.05, 0) is 0 Å². The predicted octanol–water partition coefficient (Wildman–Crippen LogP) is -5.22. The minimum absolute atomic E-state index is 0.814. The summed E-state index contributed by atoms with van der Waals surface area (Å²) in [6.45, 7) is -2.71. The molecule has 0 saturated heterocycles. The van der Waals surface area contributed by atoms with Crippen LogP contribution in [0.25, 0.3) is 0 Å². The highest BCUT2D eigenvalue weighted by Crippen LogP contribution is 2.67. The van der Waals surface area contributed by atoms with Crippen LogP contribution in [0, 0.1) is 0 Å². The highest BCUT2D eigenvalue weighted by molar-refractivity contribution is 7.66. The van der Waals surface area contributed by atoms with Crippen molar-refractivity contribution in [1.82, 2.24) is 0 Å². The number of aliphatic hydroxyl groups excluding tert-OH is 9.